The number of amides is 3. The van der Waals surface area contributed by atoms with Crippen molar-refractivity contribution in [2.45, 2.75) is 96.1 Å². The minimum atomic E-state index is -1.33. The van der Waals surface area contributed by atoms with Crippen molar-refractivity contribution in [1.29, 1.82) is 0 Å². The quantitative estimate of drug-likeness (QED) is 0.190. The van der Waals surface area contributed by atoms with E-state index in [0.717, 1.165) is 81.6 Å². The summed E-state index contributed by atoms with van der Waals surface area (Å²) < 4.78 is 21.1. The van der Waals surface area contributed by atoms with Crippen molar-refractivity contribution in [3.8, 4) is 6.01 Å². The third-order valence-electron chi connectivity index (χ3n) is 12.0. The molecule has 1 N–H and O–H groups in total. The van der Waals surface area contributed by atoms with E-state index in [4.69, 9.17) is 4.74 Å². The predicted molar refractivity (Wildman–Crippen MR) is 208 cm³/mol. The van der Waals surface area contributed by atoms with E-state index in [-0.39, 0.29) is 36.2 Å². The van der Waals surface area contributed by atoms with Crippen molar-refractivity contribution in [1.82, 2.24) is 30.0 Å². The van der Waals surface area contributed by atoms with Crippen LogP contribution in [0.3, 0.4) is 0 Å². The van der Waals surface area contributed by atoms with Gasteiger partial charge in [0.1, 0.15) is 11.7 Å². The summed E-state index contributed by atoms with van der Waals surface area (Å²) in [5.41, 5.74) is 7.73. The van der Waals surface area contributed by atoms with Crippen LogP contribution in [0.5, 0.6) is 6.01 Å². The van der Waals surface area contributed by atoms with Crippen molar-refractivity contribution < 1.29 is 23.5 Å². The molecule has 5 heterocycles. The molecule has 1 aromatic heterocycles. The van der Waals surface area contributed by atoms with E-state index in [1.54, 1.807) is 18.7 Å². The van der Waals surface area contributed by atoms with Crippen LogP contribution in [0.15, 0.2) is 60.4 Å². The van der Waals surface area contributed by atoms with Gasteiger partial charge in [-0.25, -0.2) is 14.4 Å². The lowest BCUT2D eigenvalue weighted by Gasteiger charge is -2.43. The van der Waals surface area contributed by atoms with Gasteiger partial charge in [0.2, 0.25) is 11.8 Å². The van der Waals surface area contributed by atoms with Crippen LogP contribution in [0, 0.1) is 0 Å². The Morgan fingerprint density at radius 1 is 0.945 bits per heavy atom. The van der Waals surface area contributed by atoms with E-state index in [1.165, 1.54) is 22.3 Å². The number of fused-ring (bicyclic) bond motifs is 3. The van der Waals surface area contributed by atoms with Crippen molar-refractivity contribution in [3.63, 3.8) is 0 Å². The molecule has 1 unspecified atom stereocenters. The zero-order valence-electron chi connectivity index (χ0n) is 32.2. The molecule has 1 aliphatic carbocycles. The van der Waals surface area contributed by atoms with Crippen LogP contribution < -0.4 is 15.0 Å². The second kappa shape index (κ2) is 15.5. The first kappa shape index (κ1) is 37.3. The fourth-order valence-electron chi connectivity index (χ4n) is 9.20. The van der Waals surface area contributed by atoms with Crippen molar-refractivity contribution in [2.24, 2.45) is 0 Å². The van der Waals surface area contributed by atoms with E-state index in [2.05, 4.69) is 67.2 Å². The summed E-state index contributed by atoms with van der Waals surface area (Å²) in [7, 11) is 0. The standard InChI is InChI=1S/C43H52FN7O4/c1-28-21-35-33-10-6-5-9-29(33)23-36(35)39(51(28)27-43(2,3)44)31-24-45-42(46-25-31)55-20-8-4-7-15-48-16-18-49(19-17-48)32-11-12-34-30(22-32)26-50(41(34)54)37-13-14-38(52)47-40(37)53/h5-6,9-12,22,24-25,28,37,39H,4,7-8,13-21,23,26-27H2,1-3H3,(H,47,52,53)/t28-,37?,39-/m1/s1. The Kier molecular flexibility index (Phi) is 10.5. The molecule has 3 aromatic rings. The summed E-state index contributed by atoms with van der Waals surface area (Å²) in [4.78, 5) is 55.1. The lowest BCUT2D eigenvalue weighted by atomic mass is 9.85. The number of carbonyl (C=O) groups excluding carboxylic acids is 3. The number of halogens is 1. The number of hydrogen-bond donors (Lipinski definition) is 1. The normalized spacial score (nSPS) is 23.2. The van der Waals surface area contributed by atoms with Gasteiger partial charge in [0, 0.05) is 80.9 Å². The predicted octanol–water partition coefficient (Wildman–Crippen LogP) is 5.50. The van der Waals surface area contributed by atoms with Crippen LogP contribution in [-0.2, 0) is 22.6 Å². The van der Waals surface area contributed by atoms with Crippen LogP contribution in [0.1, 0.15) is 97.9 Å². The fourth-order valence-corrected chi connectivity index (χ4v) is 9.20. The number of rotatable bonds is 12. The number of piperidine rings is 1. The maximum Gasteiger partial charge on any atom is 0.316 e. The second-order valence-corrected chi connectivity index (χ2v) is 16.5. The number of unbranched alkanes of at least 4 members (excludes halogenated alkanes) is 2. The molecule has 0 saturated carbocycles. The van der Waals surface area contributed by atoms with Gasteiger partial charge in [-0.1, -0.05) is 24.3 Å². The minimum Gasteiger partial charge on any atom is -0.463 e. The third kappa shape index (κ3) is 7.89. The number of benzene rings is 2. The van der Waals surface area contributed by atoms with Crippen molar-refractivity contribution >= 4 is 29.0 Å². The summed E-state index contributed by atoms with van der Waals surface area (Å²) in [6, 6.07) is 14.5. The summed E-state index contributed by atoms with van der Waals surface area (Å²) >= 11 is 0. The number of imide groups is 1. The average Bonchev–Trinajstić information content (AvgIpc) is 3.69. The van der Waals surface area contributed by atoms with E-state index in [9.17, 15) is 14.4 Å². The Hall–Kier alpha value is -4.68. The van der Waals surface area contributed by atoms with Crippen LogP contribution in [0.4, 0.5) is 10.1 Å². The molecule has 11 nitrogen and oxygen atoms in total. The molecule has 2 fully saturated rings. The number of anilines is 1. The topological polar surface area (TPSA) is 111 Å². The fraction of sp³-hybridized carbons (Fsp3) is 0.512. The first-order valence-corrected chi connectivity index (χ1v) is 20.0. The first-order chi connectivity index (χ1) is 26.5. The summed E-state index contributed by atoms with van der Waals surface area (Å²) in [6.45, 7) is 11.6. The van der Waals surface area contributed by atoms with E-state index in [0.29, 0.717) is 37.7 Å². The second-order valence-electron chi connectivity index (χ2n) is 16.5. The van der Waals surface area contributed by atoms with Gasteiger partial charge in [-0.3, -0.25) is 29.5 Å². The van der Waals surface area contributed by atoms with E-state index < -0.39 is 11.7 Å². The van der Waals surface area contributed by atoms with Gasteiger partial charge < -0.3 is 14.5 Å². The zero-order chi connectivity index (χ0) is 38.3. The van der Waals surface area contributed by atoms with E-state index >= 15 is 4.39 Å². The minimum absolute atomic E-state index is 0.0750. The van der Waals surface area contributed by atoms with Gasteiger partial charge in [-0.15, -0.1) is 0 Å². The monoisotopic (exact) mass is 749 g/mol. The van der Waals surface area contributed by atoms with Gasteiger partial charge in [-0.2, -0.15) is 0 Å². The Morgan fingerprint density at radius 2 is 1.73 bits per heavy atom. The number of hydrogen-bond acceptors (Lipinski definition) is 9. The smallest absolute Gasteiger partial charge is 0.316 e. The van der Waals surface area contributed by atoms with Gasteiger partial charge in [-0.05, 0) is 112 Å². The Balaban J connectivity index is 0.780. The lowest BCUT2D eigenvalue weighted by molar-refractivity contribution is -0.136. The number of piperazine rings is 1. The molecule has 3 atom stereocenters. The molecular weight excluding hydrogens is 698 g/mol. The van der Waals surface area contributed by atoms with Crippen LogP contribution in [0.2, 0.25) is 0 Å². The van der Waals surface area contributed by atoms with Gasteiger partial charge in [0.25, 0.3) is 5.91 Å². The van der Waals surface area contributed by atoms with Gasteiger partial charge in [0.05, 0.1) is 12.6 Å². The number of nitrogens with zero attached hydrogens (tertiary/aromatic N) is 6. The van der Waals surface area contributed by atoms with Gasteiger partial charge in [0.15, 0.2) is 0 Å². The number of carbonyl (C=O) groups is 3. The van der Waals surface area contributed by atoms with Crippen molar-refractivity contribution in [3.05, 3.63) is 88.2 Å². The number of alkyl halides is 1. The molecule has 2 aromatic carbocycles. The van der Waals surface area contributed by atoms with Gasteiger partial charge >= 0.3 is 6.01 Å². The Bertz CT molecular complexity index is 1970. The Labute approximate surface area is 322 Å². The highest BCUT2D eigenvalue weighted by Crippen LogP contribution is 2.49. The zero-order valence-corrected chi connectivity index (χ0v) is 32.2. The maximum atomic E-state index is 15.1. The molecule has 12 heteroatoms. The third-order valence-corrected chi connectivity index (χ3v) is 12.0. The molecule has 0 spiro atoms. The lowest BCUT2D eigenvalue weighted by Crippen LogP contribution is -2.52. The SMILES string of the molecule is C[C@@H]1CC2=C(Cc3ccccc32)[C@@H](c2cnc(OCCCCCN3CCN(c4ccc5c(c4)CN(C4CCC(=O)NC4=O)C5=O)CC3)nc2)N1CC(C)(C)F. The number of ether oxygens (including phenoxy) is 1. The largest absolute Gasteiger partial charge is 0.463 e. The van der Waals surface area contributed by atoms with Crippen LogP contribution in [0.25, 0.3) is 5.57 Å². The van der Waals surface area contributed by atoms with Crippen LogP contribution in [-0.4, -0.2) is 106 Å². The maximum absolute atomic E-state index is 15.1. The molecule has 5 aliphatic rings. The summed E-state index contributed by atoms with van der Waals surface area (Å²) in [5.74, 6) is -0.800. The summed E-state index contributed by atoms with van der Waals surface area (Å²) in [6.07, 6.45) is 9.19. The molecular formula is C43H52FN7O4. The highest BCUT2D eigenvalue weighted by molar-refractivity contribution is 6.05. The molecule has 55 heavy (non-hydrogen) atoms. The first-order valence-electron chi connectivity index (χ1n) is 20.0. The number of aromatic nitrogens is 2. The molecule has 3 amide bonds. The average molecular weight is 750 g/mol. The van der Waals surface area contributed by atoms with E-state index in [1.807, 2.05) is 24.5 Å². The molecule has 0 bridgehead atoms. The molecule has 8 rings (SSSR count). The molecule has 2 saturated heterocycles. The molecule has 4 aliphatic heterocycles. The van der Waals surface area contributed by atoms with Crippen molar-refractivity contribution in [2.75, 3.05) is 50.8 Å². The number of nitrogens with one attached hydrogen (secondary N) is 1. The molecule has 290 valence electrons. The highest BCUT2D eigenvalue weighted by Gasteiger charge is 2.42. The summed E-state index contributed by atoms with van der Waals surface area (Å²) in [5, 5.41) is 2.37. The molecule has 0 radical (unpaired) electrons. The Morgan fingerprint density at radius 3 is 2.49 bits per heavy atom. The highest BCUT2D eigenvalue weighted by atomic mass is 19.1. The van der Waals surface area contributed by atoms with Crippen LogP contribution >= 0.6 is 0 Å².